The first kappa shape index (κ1) is 14.5. The second-order valence-electron chi connectivity index (χ2n) is 5.57. The van der Waals surface area contributed by atoms with E-state index in [0.717, 1.165) is 31.2 Å². The molecule has 1 aliphatic carbocycles. The van der Waals surface area contributed by atoms with Crippen LogP contribution in [0.4, 0.5) is 11.4 Å². The second kappa shape index (κ2) is 5.58. The Bertz CT molecular complexity index is 536. The fraction of sp³-hybridized carbons (Fsp3) is 0.500. The third-order valence-electron chi connectivity index (χ3n) is 3.73. The minimum absolute atomic E-state index is 0.0959. The molecule has 1 amide bonds. The van der Waals surface area contributed by atoms with Crippen molar-refractivity contribution in [3.63, 3.8) is 0 Å². The molecule has 0 aromatic heterocycles. The predicted molar refractivity (Wildman–Crippen MR) is 76.5 cm³/mol. The number of amides is 1. The average Bonchev–Trinajstić information content (AvgIpc) is 2.74. The molecule has 0 atom stereocenters. The highest BCUT2D eigenvalue weighted by Crippen LogP contribution is 2.31. The molecule has 2 rings (SSSR count). The predicted octanol–water partition coefficient (Wildman–Crippen LogP) is 2.50. The summed E-state index contributed by atoms with van der Waals surface area (Å²) in [5.74, 6) is -0.261. The number of anilines is 1. The van der Waals surface area contributed by atoms with Crippen LogP contribution in [0, 0.1) is 17.0 Å². The molecule has 1 fully saturated rings. The normalized spacial score (nSPS) is 16.9. The quantitative estimate of drug-likeness (QED) is 0.652. The van der Waals surface area contributed by atoms with Gasteiger partial charge in [-0.2, -0.15) is 0 Å². The van der Waals surface area contributed by atoms with Crippen LogP contribution in [-0.2, 0) is 4.79 Å². The van der Waals surface area contributed by atoms with Gasteiger partial charge in [0.05, 0.1) is 4.92 Å². The number of benzene rings is 1. The molecular formula is C14H19N3O3. The van der Waals surface area contributed by atoms with Crippen molar-refractivity contribution in [3.05, 3.63) is 33.9 Å². The number of nitrogens with zero attached hydrogens (tertiary/aromatic N) is 1. The largest absolute Gasteiger partial charge is 0.325 e. The molecule has 108 valence electrons. The van der Waals surface area contributed by atoms with E-state index in [1.54, 1.807) is 12.1 Å². The topological polar surface area (TPSA) is 98.3 Å². The zero-order chi connectivity index (χ0) is 14.8. The number of hydrogen-bond donors (Lipinski definition) is 2. The van der Waals surface area contributed by atoms with Gasteiger partial charge in [-0.25, -0.2) is 0 Å². The first-order valence-electron chi connectivity index (χ1n) is 6.73. The van der Waals surface area contributed by atoms with Gasteiger partial charge in [-0.15, -0.1) is 0 Å². The van der Waals surface area contributed by atoms with Crippen LogP contribution < -0.4 is 11.1 Å². The maximum absolute atomic E-state index is 12.0. The maximum atomic E-state index is 12.0. The lowest BCUT2D eigenvalue weighted by molar-refractivity contribution is -0.383. The Hall–Kier alpha value is -1.95. The number of nitrogens with one attached hydrogen (secondary N) is 1. The Morgan fingerprint density at radius 3 is 2.70 bits per heavy atom. The van der Waals surface area contributed by atoms with Gasteiger partial charge in [0, 0.05) is 18.0 Å². The van der Waals surface area contributed by atoms with E-state index in [9.17, 15) is 14.9 Å². The van der Waals surface area contributed by atoms with Gasteiger partial charge in [0.15, 0.2) is 0 Å². The molecule has 0 saturated heterocycles. The van der Waals surface area contributed by atoms with E-state index in [-0.39, 0.29) is 23.7 Å². The van der Waals surface area contributed by atoms with Crippen molar-refractivity contribution < 1.29 is 9.72 Å². The van der Waals surface area contributed by atoms with Crippen LogP contribution in [-0.4, -0.2) is 16.4 Å². The van der Waals surface area contributed by atoms with E-state index < -0.39 is 10.5 Å². The lowest BCUT2D eigenvalue weighted by atomic mass is 9.94. The summed E-state index contributed by atoms with van der Waals surface area (Å²) in [6, 6.07) is 4.65. The SMILES string of the molecule is Cc1ccc([N+](=O)[O-])c(NC(=O)CC2(N)CCCC2)c1. The smallest absolute Gasteiger partial charge is 0.292 e. The molecule has 6 nitrogen and oxygen atoms in total. The van der Waals surface area contributed by atoms with Gasteiger partial charge in [0.25, 0.3) is 5.69 Å². The summed E-state index contributed by atoms with van der Waals surface area (Å²) in [4.78, 5) is 22.5. The van der Waals surface area contributed by atoms with Crippen molar-refractivity contribution in [3.8, 4) is 0 Å². The molecule has 0 unspecified atom stereocenters. The van der Waals surface area contributed by atoms with E-state index >= 15 is 0 Å². The lowest BCUT2D eigenvalue weighted by Gasteiger charge is -2.22. The fourth-order valence-corrected chi connectivity index (χ4v) is 2.68. The van der Waals surface area contributed by atoms with Gasteiger partial charge in [-0.1, -0.05) is 18.9 Å². The van der Waals surface area contributed by atoms with Crippen molar-refractivity contribution in [2.24, 2.45) is 5.73 Å². The Morgan fingerprint density at radius 1 is 1.45 bits per heavy atom. The molecule has 0 aliphatic heterocycles. The van der Waals surface area contributed by atoms with Crippen LogP contribution in [0.2, 0.25) is 0 Å². The van der Waals surface area contributed by atoms with Crippen LogP contribution in [0.5, 0.6) is 0 Å². The molecule has 0 spiro atoms. The van der Waals surface area contributed by atoms with E-state index in [4.69, 9.17) is 5.73 Å². The Morgan fingerprint density at radius 2 is 2.10 bits per heavy atom. The average molecular weight is 277 g/mol. The molecular weight excluding hydrogens is 258 g/mol. The standard InChI is InChI=1S/C14H19N3O3/c1-10-4-5-12(17(19)20)11(8-10)16-13(18)9-14(15)6-2-3-7-14/h4-5,8H,2-3,6-7,9,15H2,1H3,(H,16,18). The second-order valence-corrected chi connectivity index (χ2v) is 5.57. The molecule has 20 heavy (non-hydrogen) atoms. The van der Waals surface area contributed by atoms with Crippen LogP contribution >= 0.6 is 0 Å². The number of carbonyl (C=O) groups is 1. The van der Waals surface area contributed by atoms with E-state index in [2.05, 4.69) is 5.32 Å². The fourth-order valence-electron chi connectivity index (χ4n) is 2.68. The number of nitro benzene ring substituents is 1. The van der Waals surface area contributed by atoms with E-state index in [0.29, 0.717) is 0 Å². The molecule has 0 radical (unpaired) electrons. The van der Waals surface area contributed by atoms with E-state index in [1.165, 1.54) is 6.07 Å². The van der Waals surface area contributed by atoms with Crippen molar-refractivity contribution in [2.75, 3.05) is 5.32 Å². The number of carbonyl (C=O) groups excluding carboxylic acids is 1. The van der Waals surface area contributed by atoms with Crippen LogP contribution in [0.25, 0.3) is 0 Å². The number of rotatable bonds is 4. The summed E-state index contributed by atoms with van der Waals surface area (Å²) in [5.41, 5.74) is 6.69. The highest BCUT2D eigenvalue weighted by atomic mass is 16.6. The molecule has 3 N–H and O–H groups in total. The van der Waals surface area contributed by atoms with Gasteiger partial charge < -0.3 is 11.1 Å². The third kappa shape index (κ3) is 3.33. The highest BCUT2D eigenvalue weighted by molar-refractivity contribution is 5.93. The number of nitrogens with two attached hydrogens (primary N) is 1. The third-order valence-corrected chi connectivity index (χ3v) is 3.73. The minimum atomic E-state index is -0.497. The molecule has 6 heteroatoms. The first-order valence-corrected chi connectivity index (χ1v) is 6.73. The Balaban J connectivity index is 2.11. The molecule has 1 saturated carbocycles. The Labute approximate surface area is 117 Å². The summed E-state index contributed by atoms with van der Waals surface area (Å²) in [7, 11) is 0. The summed E-state index contributed by atoms with van der Waals surface area (Å²) >= 11 is 0. The van der Waals surface area contributed by atoms with Crippen LogP contribution in [0.1, 0.15) is 37.7 Å². The van der Waals surface area contributed by atoms with Crippen molar-refractivity contribution in [1.29, 1.82) is 0 Å². The van der Waals surface area contributed by atoms with Gasteiger partial charge in [0.1, 0.15) is 5.69 Å². The van der Waals surface area contributed by atoms with Crippen molar-refractivity contribution in [1.82, 2.24) is 0 Å². The zero-order valence-corrected chi connectivity index (χ0v) is 11.5. The Kier molecular flexibility index (Phi) is 4.04. The number of hydrogen-bond acceptors (Lipinski definition) is 4. The molecule has 1 aromatic carbocycles. The minimum Gasteiger partial charge on any atom is -0.325 e. The number of nitro groups is 1. The zero-order valence-electron chi connectivity index (χ0n) is 11.5. The summed E-state index contributed by atoms with van der Waals surface area (Å²) in [6.45, 7) is 1.82. The first-order chi connectivity index (χ1) is 9.39. The van der Waals surface area contributed by atoms with Gasteiger partial charge in [-0.3, -0.25) is 14.9 Å². The maximum Gasteiger partial charge on any atom is 0.292 e. The van der Waals surface area contributed by atoms with Crippen molar-refractivity contribution in [2.45, 2.75) is 44.6 Å². The van der Waals surface area contributed by atoms with Crippen LogP contribution in [0.15, 0.2) is 18.2 Å². The summed E-state index contributed by atoms with van der Waals surface area (Å²) < 4.78 is 0. The monoisotopic (exact) mass is 277 g/mol. The van der Waals surface area contributed by atoms with Gasteiger partial charge in [-0.05, 0) is 31.4 Å². The van der Waals surface area contributed by atoms with Gasteiger partial charge >= 0.3 is 0 Å². The lowest BCUT2D eigenvalue weighted by Crippen LogP contribution is -2.40. The number of aryl methyl sites for hydroxylation is 1. The van der Waals surface area contributed by atoms with Crippen molar-refractivity contribution >= 4 is 17.3 Å². The van der Waals surface area contributed by atoms with Crippen LogP contribution in [0.3, 0.4) is 0 Å². The highest BCUT2D eigenvalue weighted by Gasteiger charge is 2.32. The molecule has 0 heterocycles. The van der Waals surface area contributed by atoms with E-state index in [1.807, 2.05) is 6.92 Å². The summed E-state index contributed by atoms with van der Waals surface area (Å²) in [6.07, 6.45) is 3.94. The van der Waals surface area contributed by atoms with Gasteiger partial charge in [0.2, 0.25) is 5.91 Å². The molecule has 1 aliphatic rings. The summed E-state index contributed by atoms with van der Waals surface area (Å²) in [5, 5.41) is 13.6. The molecule has 1 aromatic rings. The molecule has 0 bridgehead atoms.